The van der Waals surface area contributed by atoms with Crippen LogP contribution in [-0.2, 0) is 6.54 Å². The van der Waals surface area contributed by atoms with Gasteiger partial charge in [-0.1, -0.05) is 18.2 Å². The summed E-state index contributed by atoms with van der Waals surface area (Å²) in [5.74, 6) is -0.293. The first-order chi connectivity index (χ1) is 6.77. The average molecular weight is 190 g/mol. The number of nitriles is 1. The van der Waals surface area contributed by atoms with Crippen molar-refractivity contribution in [3.63, 3.8) is 0 Å². The monoisotopic (exact) mass is 190 g/mol. The smallest absolute Gasteiger partial charge is 0.123 e. The number of hydrogen-bond donors (Lipinski definition) is 1. The summed E-state index contributed by atoms with van der Waals surface area (Å²) >= 11 is 0. The van der Waals surface area contributed by atoms with E-state index in [1.807, 2.05) is 6.07 Å². The van der Waals surface area contributed by atoms with E-state index in [0.29, 0.717) is 13.0 Å². The summed E-state index contributed by atoms with van der Waals surface area (Å²) in [5, 5.41) is 8.33. The van der Waals surface area contributed by atoms with Crippen LogP contribution in [0.3, 0.4) is 0 Å². The molecule has 2 nitrogen and oxygen atoms in total. The SMILES string of the molecule is N#CCC=Cc1cc(F)ccc1CN. The topological polar surface area (TPSA) is 49.8 Å². The molecule has 0 unspecified atom stereocenters. The fourth-order valence-electron chi connectivity index (χ4n) is 1.15. The molecule has 2 N–H and O–H groups in total. The lowest BCUT2D eigenvalue weighted by Crippen LogP contribution is -1.99. The minimum Gasteiger partial charge on any atom is -0.326 e. The lowest BCUT2D eigenvalue weighted by molar-refractivity contribution is 0.626. The minimum absolute atomic E-state index is 0.293. The van der Waals surface area contributed by atoms with Crippen molar-refractivity contribution in [1.29, 1.82) is 5.26 Å². The van der Waals surface area contributed by atoms with Gasteiger partial charge in [0, 0.05) is 6.54 Å². The third-order valence-electron chi connectivity index (χ3n) is 1.83. The Kier molecular flexibility index (Phi) is 3.84. The van der Waals surface area contributed by atoms with Crippen molar-refractivity contribution in [2.45, 2.75) is 13.0 Å². The van der Waals surface area contributed by atoms with Crippen LogP contribution in [0.15, 0.2) is 24.3 Å². The van der Waals surface area contributed by atoms with Crippen LogP contribution in [0.4, 0.5) is 4.39 Å². The Labute approximate surface area is 82.5 Å². The van der Waals surface area contributed by atoms with E-state index in [1.54, 1.807) is 18.2 Å². The molecule has 0 aromatic heterocycles. The maximum Gasteiger partial charge on any atom is 0.123 e. The maximum absolute atomic E-state index is 12.9. The Bertz CT molecular complexity index is 377. The van der Waals surface area contributed by atoms with Gasteiger partial charge >= 0.3 is 0 Å². The molecule has 0 heterocycles. The highest BCUT2D eigenvalue weighted by Gasteiger charge is 1.98. The lowest BCUT2D eigenvalue weighted by Gasteiger charge is -2.02. The summed E-state index contributed by atoms with van der Waals surface area (Å²) < 4.78 is 12.9. The summed E-state index contributed by atoms with van der Waals surface area (Å²) in [7, 11) is 0. The first-order valence-corrected chi connectivity index (χ1v) is 4.30. The number of nitrogens with two attached hydrogens (primary N) is 1. The molecule has 0 aliphatic rings. The molecule has 1 aromatic rings. The highest BCUT2D eigenvalue weighted by Crippen LogP contribution is 2.12. The number of halogens is 1. The number of nitrogens with zero attached hydrogens (tertiary/aromatic N) is 1. The summed E-state index contributed by atoms with van der Waals surface area (Å²) in [6.07, 6.45) is 3.73. The summed E-state index contributed by atoms with van der Waals surface area (Å²) in [6, 6.07) is 6.42. The lowest BCUT2D eigenvalue weighted by atomic mass is 10.1. The van der Waals surface area contributed by atoms with Gasteiger partial charge in [0.25, 0.3) is 0 Å². The van der Waals surface area contributed by atoms with Crippen molar-refractivity contribution in [3.8, 4) is 6.07 Å². The van der Waals surface area contributed by atoms with Gasteiger partial charge in [-0.2, -0.15) is 5.26 Å². The van der Waals surface area contributed by atoms with E-state index in [2.05, 4.69) is 0 Å². The molecule has 72 valence electrons. The van der Waals surface area contributed by atoms with Crippen LogP contribution in [0.25, 0.3) is 6.08 Å². The van der Waals surface area contributed by atoms with Crippen LogP contribution >= 0.6 is 0 Å². The van der Waals surface area contributed by atoms with E-state index in [1.165, 1.54) is 12.1 Å². The zero-order chi connectivity index (χ0) is 10.4. The standard InChI is InChI=1S/C11H11FN2/c12-11-5-4-10(8-14)9(7-11)3-1-2-6-13/h1,3-5,7H,2,8,14H2. The molecule has 0 saturated carbocycles. The van der Waals surface area contributed by atoms with Gasteiger partial charge in [0.1, 0.15) is 5.82 Å². The molecule has 1 aromatic carbocycles. The highest BCUT2D eigenvalue weighted by atomic mass is 19.1. The van der Waals surface area contributed by atoms with Crippen molar-refractivity contribution in [1.82, 2.24) is 0 Å². The number of allylic oxidation sites excluding steroid dienone is 1. The van der Waals surface area contributed by atoms with Crippen molar-refractivity contribution in [2.24, 2.45) is 5.73 Å². The molecule has 0 saturated heterocycles. The average Bonchev–Trinajstić information content (AvgIpc) is 2.19. The third kappa shape index (κ3) is 2.68. The quantitative estimate of drug-likeness (QED) is 0.794. The van der Waals surface area contributed by atoms with Crippen LogP contribution in [-0.4, -0.2) is 0 Å². The molecule has 0 aliphatic heterocycles. The number of rotatable bonds is 3. The van der Waals surface area contributed by atoms with Crippen molar-refractivity contribution < 1.29 is 4.39 Å². The summed E-state index contributed by atoms with van der Waals surface area (Å²) in [6.45, 7) is 0.368. The van der Waals surface area contributed by atoms with Gasteiger partial charge in [0.2, 0.25) is 0 Å². The molecule has 0 aliphatic carbocycles. The molecule has 14 heavy (non-hydrogen) atoms. The molecular formula is C11H11FN2. The van der Waals surface area contributed by atoms with Crippen LogP contribution in [0.1, 0.15) is 17.5 Å². The Balaban J connectivity index is 2.94. The van der Waals surface area contributed by atoms with Gasteiger partial charge in [0.05, 0.1) is 12.5 Å². The van der Waals surface area contributed by atoms with Crippen molar-refractivity contribution in [3.05, 3.63) is 41.2 Å². The molecule has 0 atom stereocenters. The zero-order valence-corrected chi connectivity index (χ0v) is 7.70. The predicted molar refractivity (Wildman–Crippen MR) is 53.6 cm³/mol. The van der Waals surface area contributed by atoms with Gasteiger partial charge in [-0.05, 0) is 23.3 Å². The number of benzene rings is 1. The molecule has 1 rings (SSSR count). The first kappa shape index (κ1) is 10.4. The molecule has 0 fully saturated rings. The summed E-state index contributed by atoms with van der Waals surface area (Å²) in [4.78, 5) is 0. The van der Waals surface area contributed by atoms with Crippen LogP contribution in [0, 0.1) is 17.1 Å². The Hall–Kier alpha value is -1.66. The highest BCUT2D eigenvalue weighted by molar-refractivity contribution is 5.54. The van der Waals surface area contributed by atoms with E-state index >= 15 is 0 Å². The second-order valence-electron chi connectivity index (χ2n) is 2.81. The first-order valence-electron chi connectivity index (χ1n) is 4.30. The van der Waals surface area contributed by atoms with Gasteiger partial charge in [-0.15, -0.1) is 0 Å². The van der Waals surface area contributed by atoms with E-state index < -0.39 is 0 Å². The predicted octanol–water partition coefficient (Wildman–Crippen LogP) is 2.21. The van der Waals surface area contributed by atoms with Gasteiger partial charge < -0.3 is 5.73 Å². The van der Waals surface area contributed by atoms with Crippen molar-refractivity contribution in [2.75, 3.05) is 0 Å². The Morgan fingerprint density at radius 2 is 2.29 bits per heavy atom. The largest absolute Gasteiger partial charge is 0.326 e. The van der Waals surface area contributed by atoms with Crippen LogP contribution in [0.2, 0.25) is 0 Å². The molecular weight excluding hydrogens is 179 g/mol. The molecule has 0 amide bonds. The van der Waals surface area contributed by atoms with Crippen LogP contribution in [0.5, 0.6) is 0 Å². The van der Waals surface area contributed by atoms with Crippen molar-refractivity contribution >= 4 is 6.08 Å². The Morgan fingerprint density at radius 3 is 2.93 bits per heavy atom. The fourth-order valence-corrected chi connectivity index (χ4v) is 1.15. The van der Waals surface area contributed by atoms with E-state index in [-0.39, 0.29) is 5.82 Å². The molecule has 0 radical (unpaired) electrons. The molecule has 0 spiro atoms. The fraction of sp³-hybridized carbons (Fsp3) is 0.182. The second kappa shape index (κ2) is 5.15. The van der Waals surface area contributed by atoms with Gasteiger partial charge in [-0.25, -0.2) is 4.39 Å². The zero-order valence-electron chi connectivity index (χ0n) is 7.70. The third-order valence-corrected chi connectivity index (χ3v) is 1.83. The molecule has 3 heteroatoms. The van der Waals surface area contributed by atoms with Gasteiger partial charge in [-0.3, -0.25) is 0 Å². The Morgan fingerprint density at radius 1 is 1.50 bits per heavy atom. The summed E-state index contributed by atoms with van der Waals surface area (Å²) in [5.41, 5.74) is 7.10. The van der Waals surface area contributed by atoms with Crippen LogP contribution < -0.4 is 5.73 Å². The minimum atomic E-state index is -0.293. The van der Waals surface area contributed by atoms with E-state index in [4.69, 9.17) is 11.0 Å². The van der Waals surface area contributed by atoms with Gasteiger partial charge in [0.15, 0.2) is 0 Å². The number of hydrogen-bond acceptors (Lipinski definition) is 2. The van der Waals surface area contributed by atoms with E-state index in [0.717, 1.165) is 11.1 Å². The normalized spacial score (nSPS) is 10.4. The second-order valence-corrected chi connectivity index (χ2v) is 2.81. The molecule has 0 bridgehead atoms. The maximum atomic E-state index is 12.9. The van der Waals surface area contributed by atoms with E-state index in [9.17, 15) is 4.39 Å².